The number of carbonyl (C=O) groups excluding carboxylic acids is 1. The Morgan fingerprint density at radius 1 is 1.45 bits per heavy atom. The first kappa shape index (κ1) is 14.8. The lowest BCUT2D eigenvalue weighted by atomic mass is 10.00. The third kappa shape index (κ3) is 3.29. The molecule has 1 heterocycles. The third-order valence-corrected chi connectivity index (χ3v) is 3.51. The molecule has 1 unspecified atom stereocenters. The molecule has 5 heteroatoms. The summed E-state index contributed by atoms with van der Waals surface area (Å²) in [6.45, 7) is 2.79. The predicted octanol–water partition coefficient (Wildman–Crippen LogP) is 0.986. The lowest BCUT2D eigenvalue weighted by Gasteiger charge is -2.25. The molecule has 0 fully saturated rings. The van der Waals surface area contributed by atoms with E-state index in [0.717, 1.165) is 17.7 Å². The maximum Gasteiger partial charge on any atom is 0.233 e. The monoisotopic (exact) mass is 278 g/mol. The van der Waals surface area contributed by atoms with Crippen molar-refractivity contribution in [2.45, 2.75) is 12.3 Å². The summed E-state index contributed by atoms with van der Waals surface area (Å²) in [5.41, 5.74) is 6.52. The lowest BCUT2D eigenvalue weighted by molar-refractivity contribution is -0.133. The zero-order chi connectivity index (χ0) is 14.4. The van der Waals surface area contributed by atoms with Gasteiger partial charge in [-0.05, 0) is 19.0 Å². The second-order valence-electron chi connectivity index (χ2n) is 4.86. The van der Waals surface area contributed by atoms with Crippen LogP contribution in [-0.2, 0) is 9.53 Å². The number of ether oxygens (including phenoxy) is 2. The van der Waals surface area contributed by atoms with E-state index in [1.165, 1.54) is 0 Å². The zero-order valence-electron chi connectivity index (χ0n) is 11.9. The first-order chi connectivity index (χ1) is 9.77. The van der Waals surface area contributed by atoms with Crippen molar-refractivity contribution in [2.75, 3.05) is 40.0 Å². The number of rotatable bonds is 7. The number of nitrogens with two attached hydrogens (primary N) is 1. The van der Waals surface area contributed by atoms with Crippen molar-refractivity contribution in [1.29, 1.82) is 0 Å². The van der Waals surface area contributed by atoms with Gasteiger partial charge in [0.05, 0.1) is 6.61 Å². The van der Waals surface area contributed by atoms with Gasteiger partial charge in [0.2, 0.25) is 5.91 Å². The molecule has 20 heavy (non-hydrogen) atoms. The second-order valence-corrected chi connectivity index (χ2v) is 4.86. The quantitative estimate of drug-likeness (QED) is 0.807. The Morgan fingerprint density at radius 2 is 2.25 bits per heavy atom. The van der Waals surface area contributed by atoms with Gasteiger partial charge in [-0.25, -0.2) is 0 Å². The molecule has 0 aromatic heterocycles. The Balaban J connectivity index is 2.07. The van der Waals surface area contributed by atoms with Crippen molar-refractivity contribution in [3.63, 3.8) is 0 Å². The van der Waals surface area contributed by atoms with E-state index in [2.05, 4.69) is 0 Å². The van der Waals surface area contributed by atoms with E-state index in [1.54, 1.807) is 7.11 Å². The van der Waals surface area contributed by atoms with Crippen LogP contribution < -0.4 is 10.5 Å². The highest BCUT2D eigenvalue weighted by atomic mass is 16.5. The second kappa shape index (κ2) is 7.26. The highest BCUT2D eigenvalue weighted by Gasteiger charge is 2.32. The number of hydrogen-bond donors (Lipinski definition) is 1. The van der Waals surface area contributed by atoms with Crippen molar-refractivity contribution >= 4 is 5.91 Å². The minimum atomic E-state index is -0.208. The van der Waals surface area contributed by atoms with Gasteiger partial charge in [-0.3, -0.25) is 4.79 Å². The summed E-state index contributed by atoms with van der Waals surface area (Å²) in [5, 5.41) is 0. The van der Waals surface area contributed by atoms with Gasteiger partial charge in [0, 0.05) is 25.8 Å². The fraction of sp³-hybridized carbons (Fsp3) is 0.533. The summed E-state index contributed by atoms with van der Waals surface area (Å²) < 4.78 is 10.7. The number of carbonyl (C=O) groups is 1. The van der Waals surface area contributed by atoms with E-state index < -0.39 is 0 Å². The van der Waals surface area contributed by atoms with E-state index in [9.17, 15) is 4.79 Å². The maximum atomic E-state index is 12.7. The van der Waals surface area contributed by atoms with Crippen LogP contribution >= 0.6 is 0 Å². The van der Waals surface area contributed by atoms with E-state index in [1.807, 2.05) is 29.2 Å². The van der Waals surface area contributed by atoms with Crippen molar-refractivity contribution < 1.29 is 14.3 Å². The van der Waals surface area contributed by atoms with Gasteiger partial charge in [-0.1, -0.05) is 18.2 Å². The molecule has 5 nitrogen and oxygen atoms in total. The van der Waals surface area contributed by atoms with Crippen LogP contribution in [0, 0.1) is 0 Å². The summed E-state index contributed by atoms with van der Waals surface area (Å²) in [7, 11) is 1.64. The van der Waals surface area contributed by atoms with Crippen molar-refractivity contribution in [2.24, 2.45) is 5.73 Å². The first-order valence-electron chi connectivity index (χ1n) is 6.97. The predicted molar refractivity (Wildman–Crippen MR) is 76.8 cm³/mol. The maximum absolute atomic E-state index is 12.7. The summed E-state index contributed by atoms with van der Waals surface area (Å²) >= 11 is 0. The summed E-state index contributed by atoms with van der Waals surface area (Å²) in [5.74, 6) is 0.706. The fourth-order valence-electron chi connectivity index (χ4n) is 2.40. The molecule has 1 aliphatic rings. The Hall–Kier alpha value is -1.59. The molecule has 1 aliphatic heterocycles. The van der Waals surface area contributed by atoms with E-state index in [-0.39, 0.29) is 11.8 Å². The highest BCUT2D eigenvalue weighted by molar-refractivity contribution is 5.85. The zero-order valence-corrected chi connectivity index (χ0v) is 11.9. The minimum absolute atomic E-state index is 0.0976. The third-order valence-electron chi connectivity index (χ3n) is 3.51. The summed E-state index contributed by atoms with van der Waals surface area (Å²) in [4.78, 5) is 14.5. The average Bonchev–Trinajstić information content (AvgIpc) is 2.91. The molecule has 110 valence electrons. The Labute approximate surface area is 119 Å². The van der Waals surface area contributed by atoms with Crippen molar-refractivity contribution in [1.82, 2.24) is 4.90 Å². The standard InChI is InChI=1S/C15H22N2O3/c1-19-10-9-17(8-4-7-16)15(18)13-11-20-14-6-3-2-5-12(13)14/h2-3,5-6,13H,4,7-11,16H2,1H3. The van der Waals surface area contributed by atoms with Crippen LogP contribution in [0.4, 0.5) is 0 Å². The number of para-hydroxylation sites is 1. The van der Waals surface area contributed by atoms with Crippen LogP contribution in [0.1, 0.15) is 17.9 Å². The molecular weight excluding hydrogens is 256 g/mol. The Morgan fingerprint density at radius 3 is 3.00 bits per heavy atom. The summed E-state index contributed by atoms with van der Waals surface area (Å²) in [6.07, 6.45) is 0.796. The molecule has 2 rings (SSSR count). The van der Waals surface area contributed by atoms with E-state index in [4.69, 9.17) is 15.2 Å². The molecule has 2 N–H and O–H groups in total. The topological polar surface area (TPSA) is 64.8 Å². The van der Waals surface area contributed by atoms with Crippen molar-refractivity contribution in [3.8, 4) is 5.75 Å². The van der Waals surface area contributed by atoms with Crippen LogP contribution in [0.25, 0.3) is 0 Å². The summed E-state index contributed by atoms with van der Waals surface area (Å²) in [6, 6.07) is 7.72. The molecule has 1 amide bonds. The molecule has 0 saturated carbocycles. The van der Waals surface area contributed by atoms with Crippen LogP contribution in [0.5, 0.6) is 5.75 Å². The van der Waals surface area contributed by atoms with Crippen LogP contribution in [0.3, 0.4) is 0 Å². The normalized spacial score (nSPS) is 16.6. The van der Waals surface area contributed by atoms with Gasteiger partial charge in [-0.15, -0.1) is 0 Å². The minimum Gasteiger partial charge on any atom is -0.492 e. The average molecular weight is 278 g/mol. The SMILES string of the molecule is COCCN(CCCN)C(=O)C1COc2ccccc21. The number of hydrogen-bond acceptors (Lipinski definition) is 4. The molecule has 0 bridgehead atoms. The molecule has 1 aromatic carbocycles. The lowest BCUT2D eigenvalue weighted by Crippen LogP contribution is -2.39. The molecule has 1 atom stereocenters. The van der Waals surface area contributed by atoms with Gasteiger partial charge < -0.3 is 20.1 Å². The van der Waals surface area contributed by atoms with Gasteiger partial charge in [-0.2, -0.15) is 0 Å². The molecule has 0 spiro atoms. The van der Waals surface area contributed by atoms with Crippen LogP contribution in [0.15, 0.2) is 24.3 Å². The fourth-order valence-corrected chi connectivity index (χ4v) is 2.40. The molecule has 0 radical (unpaired) electrons. The van der Waals surface area contributed by atoms with Crippen LogP contribution in [-0.4, -0.2) is 50.8 Å². The van der Waals surface area contributed by atoms with E-state index in [0.29, 0.717) is 32.8 Å². The van der Waals surface area contributed by atoms with Crippen molar-refractivity contribution in [3.05, 3.63) is 29.8 Å². The van der Waals surface area contributed by atoms with Gasteiger partial charge in [0.1, 0.15) is 18.3 Å². The smallest absolute Gasteiger partial charge is 0.233 e. The first-order valence-corrected chi connectivity index (χ1v) is 6.97. The van der Waals surface area contributed by atoms with Gasteiger partial charge >= 0.3 is 0 Å². The Kier molecular flexibility index (Phi) is 5.38. The number of methoxy groups -OCH3 is 1. The highest BCUT2D eigenvalue weighted by Crippen LogP contribution is 2.34. The number of benzene rings is 1. The number of amides is 1. The number of fused-ring (bicyclic) bond motifs is 1. The molecule has 0 aliphatic carbocycles. The van der Waals surface area contributed by atoms with Crippen LogP contribution in [0.2, 0.25) is 0 Å². The molecular formula is C15H22N2O3. The largest absolute Gasteiger partial charge is 0.492 e. The van der Waals surface area contributed by atoms with Gasteiger partial charge in [0.15, 0.2) is 0 Å². The Bertz CT molecular complexity index is 442. The molecule has 0 saturated heterocycles. The van der Waals surface area contributed by atoms with Gasteiger partial charge in [0.25, 0.3) is 0 Å². The molecule has 1 aromatic rings. The number of nitrogens with zero attached hydrogens (tertiary/aromatic N) is 1. The van der Waals surface area contributed by atoms with E-state index >= 15 is 0 Å².